The first-order chi connectivity index (χ1) is 10.8. The van der Waals surface area contributed by atoms with Crippen molar-refractivity contribution in [2.24, 2.45) is 5.92 Å². The molecule has 2 N–H and O–H groups in total. The van der Waals surface area contributed by atoms with E-state index in [-0.39, 0.29) is 24.2 Å². The summed E-state index contributed by atoms with van der Waals surface area (Å²) in [5.74, 6) is -0.175. The van der Waals surface area contributed by atoms with E-state index in [1.165, 1.54) is 12.3 Å². The number of nitrogens with zero attached hydrogens (tertiary/aromatic N) is 1. The fourth-order valence-electron chi connectivity index (χ4n) is 2.50. The van der Waals surface area contributed by atoms with Gasteiger partial charge in [-0.1, -0.05) is 0 Å². The first kappa shape index (κ1) is 17.5. The van der Waals surface area contributed by atoms with Crippen LogP contribution in [0.3, 0.4) is 0 Å². The Bertz CT molecular complexity index is 537. The molecule has 1 saturated heterocycles. The smallest absolute Gasteiger partial charge is 0.422 e. The molecule has 2 heterocycles. The van der Waals surface area contributed by atoms with Crippen LogP contribution < -0.4 is 15.4 Å². The number of carbonyl (C=O) groups is 1. The van der Waals surface area contributed by atoms with Crippen LogP contribution in [0.2, 0.25) is 0 Å². The van der Waals surface area contributed by atoms with Crippen molar-refractivity contribution in [2.45, 2.75) is 38.5 Å². The van der Waals surface area contributed by atoms with Crippen LogP contribution in [0.25, 0.3) is 0 Å². The molecule has 1 aliphatic rings. The Hall–Kier alpha value is -1.83. The lowest BCUT2D eigenvalue weighted by molar-refractivity contribution is -0.154. The number of ether oxygens (including phenoxy) is 1. The van der Waals surface area contributed by atoms with E-state index in [1.807, 2.05) is 6.92 Å². The van der Waals surface area contributed by atoms with Gasteiger partial charge in [0.05, 0.1) is 0 Å². The third kappa shape index (κ3) is 6.05. The lowest BCUT2D eigenvalue weighted by Gasteiger charge is -2.27. The van der Waals surface area contributed by atoms with Crippen molar-refractivity contribution >= 4 is 5.91 Å². The molecule has 1 aromatic heterocycles. The topological polar surface area (TPSA) is 63.2 Å². The first-order valence-electron chi connectivity index (χ1n) is 7.49. The summed E-state index contributed by atoms with van der Waals surface area (Å²) in [5.41, 5.74) is 0.646. The molecule has 1 amide bonds. The van der Waals surface area contributed by atoms with Crippen LogP contribution in [0.15, 0.2) is 18.3 Å². The molecule has 0 saturated carbocycles. The van der Waals surface area contributed by atoms with Crippen molar-refractivity contribution in [3.8, 4) is 5.88 Å². The highest BCUT2D eigenvalue weighted by molar-refractivity contribution is 5.78. The van der Waals surface area contributed by atoms with E-state index in [2.05, 4.69) is 20.4 Å². The molecule has 0 aliphatic carbocycles. The fourth-order valence-corrected chi connectivity index (χ4v) is 2.50. The van der Waals surface area contributed by atoms with Crippen LogP contribution in [0.5, 0.6) is 5.88 Å². The maximum Gasteiger partial charge on any atom is 0.422 e. The summed E-state index contributed by atoms with van der Waals surface area (Å²) in [5, 5.41) is 6.09. The van der Waals surface area contributed by atoms with E-state index in [4.69, 9.17) is 0 Å². The number of aromatic nitrogens is 1. The van der Waals surface area contributed by atoms with Gasteiger partial charge >= 0.3 is 6.18 Å². The van der Waals surface area contributed by atoms with Gasteiger partial charge in [0.2, 0.25) is 11.8 Å². The van der Waals surface area contributed by atoms with Crippen molar-refractivity contribution in [3.63, 3.8) is 0 Å². The zero-order valence-corrected chi connectivity index (χ0v) is 12.8. The van der Waals surface area contributed by atoms with E-state index in [0.717, 1.165) is 19.4 Å². The minimum atomic E-state index is -4.41. The van der Waals surface area contributed by atoms with Crippen molar-refractivity contribution in [2.75, 3.05) is 13.2 Å². The summed E-state index contributed by atoms with van der Waals surface area (Å²) in [7, 11) is 0. The van der Waals surface area contributed by atoms with Crippen molar-refractivity contribution in [1.82, 2.24) is 15.6 Å². The Kier molecular flexibility index (Phi) is 5.81. The highest BCUT2D eigenvalue weighted by atomic mass is 19.4. The monoisotopic (exact) mass is 331 g/mol. The van der Waals surface area contributed by atoms with Gasteiger partial charge in [-0.15, -0.1) is 0 Å². The summed E-state index contributed by atoms with van der Waals surface area (Å²) in [4.78, 5) is 15.9. The number of rotatable bonds is 5. The molecule has 2 rings (SSSR count). The molecule has 1 aliphatic heterocycles. The second kappa shape index (κ2) is 7.63. The van der Waals surface area contributed by atoms with E-state index >= 15 is 0 Å². The number of hydrogen-bond donors (Lipinski definition) is 2. The van der Waals surface area contributed by atoms with Gasteiger partial charge in [-0.3, -0.25) is 4.79 Å². The average molecular weight is 331 g/mol. The highest BCUT2D eigenvalue weighted by Crippen LogP contribution is 2.18. The first-order valence-corrected chi connectivity index (χ1v) is 7.49. The molecule has 128 valence electrons. The minimum Gasteiger partial charge on any atom is -0.468 e. The second-order valence-electron chi connectivity index (χ2n) is 5.70. The Morgan fingerprint density at radius 1 is 1.52 bits per heavy atom. The lowest BCUT2D eigenvalue weighted by Crippen LogP contribution is -2.42. The molecule has 0 radical (unpaired) electrons. The number of carbonyl (C=O) groups excluding carboxylic acids is 1. The summed E-state index contributed by atoms with van der Waals surface area (Å²) >= 11 is 0. The Labute approximate surface area is 132 Å². The summed E-state index contributed by atoms with van der Waals surface area (Å²) < 4.78 is 40.9. The molecule has 8 heteroatoms. The quantitative estimate of drug-likeness (QED) is 0.867. The standard InChI is InChI=1S/C15H20F3N3O2/c1-10-6-12(3-5-19-10)14(22)21-8-11-2-4-20-13(7-11)23-9-15(16,17)18/h2,4,7,10,12,19H,3,5-6,8-9H2,1H3,(H,21,22)/t10-,12-/m0/s1. The van der Waals surface area contributed by atoms with Gasteiger partial charge in [0.1, 0.15) is 0 Å². The van der Waals surface area contributed by atoms with Crippen molar-refractivity contribution in [1.29, 1.82) is 0 Å². The van der Waals surface area contributed by atoms with Crippen molar-refractivity contribution < 1.29 is 22.7 Å². The summed E-state index contributed by atoms with van der Waals surface area (Å²) in [6, 6.07) is 3.34. The Morgan fingerprint density at radius 2 is 2.30 bits per heavy atom. The fraction of sp³-hybridized carbons (Fsp3) is 0.600. The van der Waals surface area contributed by atoms with Crippen LogP contribution in [0.1, 0.15) is 25.3 Å². The third-order valence-electron chi connectivity index (χ3n) is 3.64. The number of hydrogen-bond acceptors (Lipinski definition) is 4. The van der Waals surface area contributed by atoms with Crippen LogP contribution in [-0.2, 0) is 11.3 Å². The number of alkyl halides is 3. The molecule has 1 aromatic rings. The van der Waals surface area contributed by atoms with Gasteiger partial charge < -0.3 is 15.4 Å². The van der Waals surface area contributed by atoms with Crippen LogP contribution >= 0.6 is 0 Å². The normalized spacial score (nSPS) is 21.7. The van der Waals surface area contributed by atoms with Gasteiger partial charge in [0.15, 0.2) is 6.61 Å². The SMILES string of the molecule is C[C@H]1C[C@@H](C(=O)NCc2ccnc(OCC(F)(F)F)c2)CCN1. The Morgan fingerprint density at radius 3 is 3.00 bits per heavy atom. The summed E-state index contributed by atoms with van der Waals surface area (Å²) in [6.07, 6.45) is -1.48. The van der Waals surface area contributed by atoms with Crippen LogP contribution in [0, 0.1) is 5.92 Å². The van der Waals surface area contributed by atoms with E-state index in [0.29, 0.717) is 11.6 Å². The molecule has 0 bridgehead atoms. The van der Waals surface area contributed by atoms with E-state index < -0.39 is 12.8 Å². The zero-order chi connectivity index (χ0) is 16.9. The predicted molar refractivity (Wildman–Crippen MR) is 77.8 cm³/mol. The maximum atomic E-state index is 12.1. The maximum absolute atomic E-state index is 12.1. The van der Waals surface area contributed by atoms with Gasteiger partial charge in [-0.25, -0.2) is 4.98 Å². The zero-order valence-electron chi connectivity index (χ0n) is 12.8. The molecule has 2 atom stereocenters. The molecule has 0 unspecified atom stereocenters. The molecule has 5 nitrogen and oxygen atoms in total. The molecule has 0 aromatic carbocycles. The van der Waals surface area contributed by atoms with Gasteiger partial charge in [-0.2, -0.15) is 13.2 Å². The number of piperidine rings is 1. The predicted octanol–water partition coefficient (Wildman–Crippen LogP) is 2.03. The largest absolute Gasteiger partial charge is 0.468 e. The number of amides is 1. The third-order valence-corrected chi connectivity index (χ3v) is 3.64. The van der Waals surface area contributed by atoms with Gasteiger partial charge in [-0.05, 0) is 37.9 Å². The number of nitrogens with one attached hydrogen (secondary N) is 2. The van der Waals surface area contributed by atoms with Crippen LogP contribution in [-0.4, -0.2) is 36.3 Å². The van der Waals surface area contributed by atoms with Crippen molar-refractivity contribution in [3.05, 3.63) is 23.9 Å². The highest BCUT2D eigenvalue weighted by Gasteiger charge is 2.28. The van der Waals surface area contributed by atoms with E-state index in [1.54, 1.807) is 6.07 Å². The minimum absolute atomic E-state index is 0.0333. The van der Waals surface area contributed by atoms with Crippen LogP contribution in [0.4, 0.5) is 13.2 Å². The molecular weight excluding hydrogens is 311 g/mol. The number of halogens is 3. The molecule has 1 fully saturated rings. The van der Waals surface area contributed by atoms with Gasteiger partial charge in [0.25, 0.3) is 0 Å². The number of pyridine rings is 1. The van der Waals surface area contributed by atoms with E-state index in [9.17, 15) is 18.0 Å². The summed E-state index contributed by atoms with van der Waals surface area (Å²) in [6.45, 7) is 1.70. The lowest BCUT2D eigenvalue weighted by atomic mass is 9.92. The van der Waals surface area contributed by atoms with Gasteiger partial charge in [0, 0.05) is 30.8 Å². The second-order valence-corrected chi connectivity index (χ2v) is 5.70. The average Bonchev–Trinajstić information content (AvgIpc) is 2.50. The molecule has 23 heavy (non-hydrogen) atoms. The Balaban J connectivity index is 1.84. The molecule has 0 spiro atoms. The molecular formula is C15H20F3N3O2.